The van der Waals surface area contributed by atoms with Crippen LogP contribution in [0.25, 0.3) is 5.57 Å². The third kappa shape index (κ3) is 3.49. The molecule has 1 aliphatic heterocycles. The highest BCUT2D eigenvalue weighted by Gasteiger charge is 2.65. The van der Waals surface area contributed by atoms with Gasteiger partial charge in [0.05, 0.1) is 17.3 Å². The van der Waals surface area contributed by atoms with Gasteiger partial charge in [-0.25, -0.2) is 0 Å². The molecule has 1 heterocycles. The van der Waals surface area contributed by atoms with Gasteiger partial charge in [-0.3, -0.25) is 24.1 Å². The summed E-state index contributed by atoms with van der Waals surface area (Å²) in [4.78, 5) is 57.2. The van der Waals surface area contributed by atoms with Crippen LogP contribution in [0.15, 0.2) is 103 Å². The number of allylic oxidation sites excluding steroid dienone is 4. The van der Waals surface area contributed by atoms with Crippen LogP contribution in [0.5, 0.6) is 5.75 Å². The van der Waals surface area contributed by atoms with Crippen molar-refractivity contribution in [3.8, 4) is 5.75 Å². The van der Waals surface area contributed by atoms with Gasteiger partial charge < -0.3 is 5.11 Å². The van der Waals surface area contributed by atoms with E-state index in [0.29, 0.717) is 23.1 Å². The molecule has 1 saturated heterocycles. The second kappa shape index (κ2) is 9.23. The minimum absolute atomic E-state index is 0.0561. The van der Waals surface area contributed by atoms with Gasteiger partial charge in [-0.15, -0.1) is 0 Å². The Balaban J connectivity index is 1.52. The fourth-order valence-electron chi connectivity index (χ4n) is 8.11. The maximum absolute atomic E-state index is 14.8. The largest absolute Gasteiger partial charge is 0.508 e. The molecule has 1 saturated carbocycles. The standard InChI is InChI=1S/C35H29NO5/c1-36-33(40)25-16-15-24-27(30(25)34(36)41)18-28-32(39)26(20-9-4-2-5-10-20)19-29(38)35(28,22-12-6-3-7-13-22)31(24)21-11-8-14-23(37)17-21/h2-15,17,19,25,27-28,30-31,37H,16,18H2,1H3. The molecule has 204 valence electrons. The number of ketones is 2. The summed E-state index contributed by atoms with van der Waals surface area (Å²) in [5.74, 6) is -3.53. The summed E-state index contributed by atoms with van der Waals surface area (Å²) in [7, 11) is 1.53. The van der Waals surface area contributed by atoms with Gasteiger partial charge in [0, 0.05) is 24.5 Å². The Labute approximate surface area is 238 Å². The number of carbonyl (C=O) groups excluding carboxylic acids is 4. The highest BCUT2D eigenvalue weighted by atomic mass is 16.3. The molecule has 3 aromatic rings. The average Bonchev–Trinajstić information content (AvgIpc) is 3.22. The Hall–Kier alpha value is -4.58. The number of rotatable bonds is 3. The molecule has 0 aromatic heterocycles. The summed E-state index contributed by atoms with van der Waals surface area (Å²) in [5.41, 5.74) is 2.09. The monoisotopic (exact) mass is 543 g/mol. The molecule has 7 rings (SSSR count). The van der Waals surface area contributed by atoms with Crippen LogP contribution in [0.3, 0.4) is 0 Å². The number of likely N-dealkylation sites (tertiary alicyclic amines) is 1. The third-order valence-electron chi connectivity index (χ3n) is 9.80. The number of benzene rings is 3. The smallest absolute Gasteiger partial charge is 0.233 e. The van der Waals surface area contributed by atoms with Crippen LogP contribution in [0.4, 0.5) is 0 Å². The van der Waals surface area contributed by atoms with Crippen molar-refractivity contribution in [2.75, 3.05) is 7.05 Å². The van der Waals surface area contributed by atoms with Crippen molar-refractivity contribution < 1.29 is 24.3 Å². The first-order valence-corrected chi connectivity index (χ1v) is 14.1. The molecule has 0 bridgehead atoms. The Morgan fingerprint density at radius 1 is 0.829 bits per heavy atom. The number of carbonyl (C=O) groups is 4. The van der Waals surface area contributed by atoms with Gasteiger partial charge in [0.2, 0.25) is 11.8 Å². The Kier molecular flexibility index (Phi) is 5.72. The second-order valence-electron chi connectivity index (χ2n) is 11.6. The van der Waals surface area contributed by atoms with E-state index in [-0.39, 0.29) is 35.6 Å². The van der Waals surface area contributed by atoms with Crippen LogP contribution in [0.1, 0.15) is 35.4 Å². The maximum atomic E-state index is 14.8. The lowest BCUT2D eigenvalue weighted by Gasteiger charge is -2.55. The lowest BCUT2D eigenvalue weighted by atomic mass is 9.44. The van der Waals surface area contributed by atoms with E-state index in [1.54, 1.807) is 18.2 Å². The summed E-state index contributed by atoms with van der Waals surface area (Å²) < 4.78 is 0. The zero-order chi connectivity index (χ0) is 28.5. The number of fused-ring (bicyclic) bond motifs is 4. The third-order valence-corrected chi connectivity index (χ3v) is 9.80. The predicted octanol–water partition coefficient (Wildman–Crippen LogP) is 4.85. The molecule has 6 nitrogen and oxygen atoms in total. The summed E-state index contributed by atoms with van der Waals surface area (Å²) in [6.45, 7) is 0. The van der Waals surface area contributed by atoms with Crippen LogP contribution < -0.4 is 0 Å². The Morgan fingerprint density at radius 3 is 2.24 bits per heavy atom. The van der Waals surface area contributed by atoms with Crippen LogP contribution in [0.2, 0.25) is 0 Å². The van der Waals surface area contributed by atoms with Crippen molar-refractivity contribution in [3.05, 3.63) is 119 Å². The number of amides is 2. The molecule has 0 spiro atoms. The highest BCUT2D eigenvalue weighted by Crippen LogP contribution is 2.63. The van der Waals surface area contributed by atoms with Gasteiger partial charge in [0.1, 0.15) is 5.75 Å². The van der Waals surface area contributed by atoms with Gasteiger partial charge in [0.25, 0.3) is 0 Å². The van der Waals surface area contributed by atoms with Crippen LogP contribution >= 0.6 is 0 Å². The normalized spacial score (nSPS) is 30.8. The molecule has 2 amide bonds. The number of nitrogens with zero attached hydrogens (tertiary/aromatic N) is 1. The van der Waals surface area contributed by atoms with Gasteiger partial charge in [0.15, 0.2) is 11.6 Å². The number of Topliss-reactive ketones (excluding diaryl/α,β-unsaturated/α-hetero) is 1. The molecule has 6 unspecified atom stereocenters. The fourth-order valence-corrected chi connectivity index (χ4v) is 8.11. The molecule has 3 aliphatic carbocycles. The topological polar surface area (TPSA) is 91.8 Å². The number of hydrogen-bond acceptors (Lipinski definition) is 5. The van der Waals surface area contributed by atoms with E-state index in [0.717, 1.165) is 11.1 Å². The molecule has 6 atom stereocenters. The molecule has 1 N–H and O–H groups in total. The minimum atomic E-state index is -1.28. The van der Waals surface area contributed by atoms with E-state index in [2.05, 4.69) is 0 Å². The predicted molar refractivity (Wildman–Crippen MR) is 152 cm³/mol. The van der Waals surface area contributed by atoms with E-state index in [1.165, 1.54) is 18.0 Å². The van der Waals surface area contributed by atoms with E-state index >= 15 is 0 Å². The molecule has 3 aromatic carbocycles. The van der Waals surface area contributed by atoms with Gasteiger partial charge in [-0.1, -0.05) is 84.4 Å². The lowest BCUT2D eigenvalue weighted by Crippen LogP contribution is -2.58. The number of phenols is 1. The van der Waals surface area contributed by atoms with Crippen molar-refractivity contribution >= 4 is 29.0 Å². The van der Waals surface area contributed by atoms with Crippen molar-refractivity contribution in [3.63, 3.8) is 0 Å². The average molecular weight is 544 g/mol. The van der Waals surface area contributed by atoms with Gasteiger partial charge >= 0.3 is 0 Å². The summed E-state index contributed by atoms with van der Waals surface area (Å²) in [6.07, 6.45) is 4.20. The first kappa shape index (κ1) is 25.4. The summed E-state index contributed by atoms with van der Waals surface area (Å²) in [5, 5.41) is 10.6. The molecule has 41 heavy (non-hydrogen) atoms. The summed E-state index contributed by atoms with van der Waals surface area (Å²) in [6, 6.07) is 25.5. The second-order valence-corrected chi connectivity index (χ2v) is 11.6. The molecule has 6 heteroatoms. The Bertz CT molecular complexity index is 1670. The quantitative estimate of drug-likeness (QED) is 0.377. The number of imide groups is 1. The number of phenolic OH excluding ortho intramolecular Hbond substituents is 1. The zero-order valence-corrected chi connectivity index (χ0v) is 22.6. The molecular formula is C35H29NO5. The van der Waals surface area contributed by atoms with E-state index in [1.807, 2.05) is 72.8 Å². The zero-order valence-electron chi connectivity index (χ0n) is 22.6. The molecule has 0 radical (unpaired) electrons. The first-order valence-electron chi connectivity index (χ1n) is 14.1. The van der Waals surface area contributed by atoms with Crippen molar-refractivity contribution in [2.45, 2.75) is 24.2 Å². The SMILES string of the molecule is CN1C(=O)C2CC=C3C(CC4C(=O)C(c5ccccc5)=CC(=O)C4(c4ccccc4)C3c3cccc(O)c3)C2C1=O. The summed E-state index contributed by atoms with van der Waals surface area (Å²) >= 11 is 0. The van der Waals surface area contributed by atoms with E-state index in [9.17, 15) is 24.3 Å². The van der Waals surface area contributed by atoms with Crippen molar-refractivity contribution in [1.29, 1.82) is 0 Å². The van der Waals surface area contributed by atoms with Crippen molar-refractivity contribution in [1.82, 2.24) is 4.90 Å². The highest BCUT2D eigenvalue weighted by molar-refractivity contribution is 6.31. The van der Waals surface area contributed by atoms with Crippen LogP contribution in [0, 0.1) is 23.7 Å². The van der Waals surface area contributed by atoms with E-state index in [4.69, 9.17) is 0 Å². The molecule has 2 fully saturated rings. The van der Waals surface area contributed by atoms with Crippen LogP contribution in [-0.4, -0.2) is 40.4 Å². The fraction of sp³-hybridized carbons (Fsp3) is 0.257. The van der Waals surface area contributed by atoms with E-state index < -0.39 is 35.0 Å². The van der Waals surface area contributed by atoms with Gasteiger partial charge in [-0.05, 0) is 53.7 Å². The van der Waals surface area contributed by atoms with Crippen LogP contribution in [-0.2, 0) is 24.6 Å². The maximum Gasteiger partial charge on any atom is 0.233 e. The Morgan fingerprint density at radius 2 is 1.54 bits per heavy atom. The molecular weight excluding hydrogens is 514 g/mol. The van der Waals surface area contributed by atoms with Gasteiger partial charge in [-0.2, -0.15) is 0 Å². The first-order chi connectivity index (χ1) is 19.8. The van der Waals surface area contributed by atoms with Crippen molar-refractivity contribution in [2.24, 2.45) is 23.7 Å². The number of aromatic hydroxyl groups is 1. The number of hydrogen-bond donors (Lipinski definition) is 1. The molecule has 4 aliphatic rings. The lowest BCUT2D eigenvalue weighted by molar-refractivity contribution is -0.139. The minimum Gasteiger partial charge on any atom is -0.508 e.